The van der Waals surface area contributed by atoms with E-state index in [0.717, 1.165) is 0 Å². The van der Waals surface area contributed by atoms with Crippen LogP contribution < -0.4 is 0 Å². The largest absolute Gasteiger partial charge is 0.309 e. The molecule has 0 N–H and O–H groups in total. The van der Waals surface area contributed by atoms with Crippen molar-refractivity contribution < 1.29 is 0 Å². The van der Waals surface area contributed by atoms with Gasteiger partial charge in [0.2, 0.25) is 0 Å². The van der Waals surface area contributed by atoms with Gasteiger partial charge in [-0.1, -0.05) is 127 Å². The first-order valence-electron chi connectivity index (χ1n) is 15.9. The van der Waals surface area contributed by atoms with Crippen molar-refractivity contribution in [3.63, 3.8) is 0 Å². The molecule has 214 valence electrons. The molecule has 0 radical (unpaired) electrons. The molecule has 0 saturated heterocycles. The molecule has 0 amide bonds. The zero-order valence-corrected chi connectivity index (χ0v) is 25.1. The maximum absolute atomic E-state index is 2.46. The first-order valence-corrected chi connectivity index (χ1v) is 15.9. The van der Waals surface area contributed by atoms with Gasteiger partial charge in [0, 0.05) is 32.6 Å². The van der Waals surface area contributed by atoms with Crippen molar-refractivity contribution in [2.24, 2.45) is 0 Å². The van der Waals surface area contributed by atoms with Gasteiger partial charge in [0.1, 0.15) is 0 Å². The van der Waals surface area contributed by atoms with Crippen LogP contribution in [0.2, 0.25) is 0 Å². The summed E-state index contributed by atoms with van der Waals surface area (Å²) in [4.78, 5) is 0. The Morgan fingerprint density at radius 2 is 0.891 bits per heavy atom. The van der Waals surface area contributed by atoms with Gasteiger partial charge in [-0.2, -0.15) is 0 Å². The van der Waals surface area contributed by atoms with E-state index < -0.39 is 0 Å². The van der Waals surface area contributed by atoms with E-state index >= 15 is 0 Å². The molecule has 46 heavy (non-hydrogen) atoms. The van der Waals surface area contributed by atoms with Gasteiger partial charge in [0.15, 0.2) is 0 Å². The van der Waals surface area contributed by atoms with Crippen LogP contribution in [0, 0.1) is 0 Å². The molecular formula is C44H28N2. The van der Waals surface area contributed by atoms with Crippen LogP contribution in [0.25, 0.3) is 87.7 Å². The molecule has 0 saturated carbocycles. The molecule has 2 heterocycles. The fourth-order valence-corrected chi connectivity index (χ4v) is 7.65. The molecule has 0 bridgehead atoms. The SMILES string of the molecule is c1ccc(-c2cccc3cc(-n4c5ccccc5c5cc6c(cc54)c4ccccc4n6-c4cccc5ccccc45)ccc23)cc1. The topological polar surface area (TPSA) is 9.86 Å². The van der Waals surface area contributed by atoms with Gasteiger partial charge in [0.25, 0.3) is 0 Å². The molecule has 0 aliphatic rings. The van der Waals surface area contributed by atoms with Gasteiger partial charge in [0.05, 0.1) is 27.8 Å². The number of hydrogen-bond donors (Lipinski definition) is 0. The normalized spacial score (nSPS) is 11.9. The first-order chi connectivity index (χ1) is 22.8. The monoisotopic (exact) mass is 584 g/mol. The summed E-state index contributed by atoms with van der Waals surface area (Å²) in [5, 5.41) is 10.0. The molecule has 0 aliphatic carbocycles. The molecule has 0 unspecified atom stereocenters. The van der Waals surface area contributed by atoms with Crippen LogP contribution in [-0.2, 0) is 0 Å². The lowest BCUT2D eigenvalue weighted by Crippen LogP contribution is -1.96. The lowest BCUT2D eigenvalue weighted by Gasteiger charge is -2.13. The van der Waals surface area contributed by atoms with Crippen molar-refractivity contribution in [1.29, 1.82) is 0 Å². The maximum atomic E-state index is 2.46. The van der Waals surface area contributed by atoms with Crippen LogP contribution in [0.3, 0.4) is 0 Å². The Labute approximate surface area is 266 Å². The lowest BCUT2D eigenvalue weighted by molar-refractivity contribution is 1.18. The number of para-hydroxylation sites is 2. The molecule has 0 spiro atoms. The van der Waals surface area contributed by atoms with E-state index in [9.17, 15) is 0 Å². The van der Waals surface area contributed by atoms with Crippen molar-refractivity contribution in [2.45, 2.75) is 0 Å². The van der Waals surface area contributed by atoms with E-state index in [1.165, 1.54) is 87.7 Å². The highest BCUT2D eigenvalue weighted by Crippen LogP contribution is 2.41. The third kappa shape index (κ3) is 3.59. The Balaban J connectivity index is 1.28. The number of aromatic nitrogens is 2. The summed E-state index contributed by atoms with van der Waals surface area (Å²) in [5.74, 6) is 0. The number of rotatable bonds is 3. The van der Waals surface area contributed by atoms with Gasteiger partial charge in [-0.15, -0.1) is 0 Å². The minimum absolute atomic E-state index is 1.17. The molecule has 2 heteroatoms. The quantitative estimate of drug-likeness (QED) is 0.195. The third-order valence-electron chi connectivity index (χ3n) is 9.68. The predicted octanol–water partition coefficient (Wildman–Crippen LogP) is 11.9. The Morgan fingerprint density at radius 3 is 1.67 bits per heavy atom. The number of hydrogen-bond acceptors (Lipinski definition) is 0. The summed E-state index contributed by atoms with van der Waals surface area (Å²) in [6.45, 7) is 0. The van der Waals surface area contributed by atoms with Gasteiger partial charge in [-0.05, 0) is 69.8 Å². The Bertz CT molecular complexity index is 2790. The highest BCUT2D eigenvalue weighted by Gasteiger charge is 2.19. The summed E-state index contributed by atoms with van der Waals surface area (Å²) >= 11 is 0. The zero-order valence-electron chi connectivity index (χ0n) is 25.1. The summed E-state index contributed by atoms with van der Waals surface area (Å²) in [6, 6.07) is 62.0. The van der Waals surface area contributed by atoms with Crippen LogP contribution in [0.1, 0.15) is 0 Å². The Morgan fingerprint density at radius 1 is 0.304 bits per heavy atom. The first kappa shape index (κ1) is 25.2. The Hall–Kier alpha value is -6.12. The second-order valence-corrected chi connectivity index (χ2v) is 12.2. The summed E-state index contributed by atoms with van der Waals surface area (Å²) in [7, 11) is 0. The average Bonchev–Trinajstić information content (AvgIpc) is 3.62. The third-order valence-corrected chi connectivity index (χ3v) is 9.68. The van der Waals surface area contributed by atoms with E-state index in [1.54, 1.807) is 0 Å². The lowest BCUT2D eigenvalue weighted by atomic mass is 9.98. The van der Waals surface area contributed by atoms with Crippen LogP contribution in [0.5, 0.6) is 0 Å². The standard InChI is InChI=1S/C44H28N2/c1-2-12-29(13-3-1)33-20-10-16-31-26-32(24-25-34(31)33)45-41-21-8-6-18-36(41)38-28-44-39(27-43(38)45)37-19-7-9-22-42(37)46(44)40-23-11-15-30-14-4-5-17-35(30)40/h1-28H. The highest BCUT2D eigenvalue weighted by atomic mass is 15.0. The van der Waals surface area contributed by atoms with E-state index in [4.69, 9.17) is 0 Å². The minimum Gasteiger partial charge on any atom is -0.309 e. The molecule has 8 aromatic carbocycles. The molecule has 0 aliphatic heterocycles. The van der Waals surface area contributed by atoms with Gasteiger partial charge >= 0.3 is 0 Å². The van der Waals surface area contributed by atoms with Crippen molar-refractivity contribution in [2.75, 3.05) is 0 Å². The fraction of sp³-hybridized carbons (Fsp3) is 0. The molecule has 10 aromatic rings. The molecule has 2 nitrogen and oxygen atoms in total. The molecule has 10 rings (SSSR count). The van der Waals surface area contributed by atoms with Crippen LogP contribution in [0.4, 0.5) is 0 Å². The molecule has 0 atom stereocenters. The summed E-state index contributed by atoms with van der Waals surface area (Å²) in [5.41, 5.74) is 9.74. The van der Waals surface area contributed by atoms with Crippen molar-refractivity contribution in [3.05, 3.63) is 170 Å². The second kappa shape index (κ2) is 9.69. The predicted molar refractivity (Wildman–Crippen MR) is 196 cm³/mol. The van der Waals surface area contributed by atoms with Crippen LogP contribution in [0.15, 0.2) is 170 Å². The molecule has 0 fully saturated rings. The van der Waals surface area contributed by atoms with Crippen molar-refractivity contribution in [3.8, 4) is 22.5 Å². The highest BCUT2D eigenvalue weighted by molar-refractivity contribution is 6.19. The van der Waals surface area contributed by atoms with E-state index in [-0.39, 0.29) is 0 Å². The summed E-state index contributed by atoms with van der Waals surface area (Å²) < 4.78 is 4.91. The second-order valence-electron chi connectivity index (χ2n) is 12.2. The zero-order chi connectivity index (χ0) is 30.2. The minimum atomic E-state index is 1.17. The number of fused-ring (bicyclic) bond motifs is 8. The molecular weight excluding hydrogens is 556 g/mol. The fourth-order valence-electron chi connectivity index (χ4n) is 7.65. The van der Waals surface area contributed by atoms with E-state index in [1.807, 2.05) is 0 Å². The van der Waals surface area contributed by atoms with E-state index in [0.29, 0.717) is 0 Å². The van der Waals surface area contributed by atoms with Gasteiger partial charge in [-0.3, -0.25) is 0 Å². The van der Waals surface area contributed by atoms with Gasteiger partial charge < -0.3 is 9.13 Å². The molecule has 2 aromatic heterocycles. The van der Waals surface area contributed by atoms with Gasteiger partial charge in [-0.25, -0.2) is 0 Å². The number of benzene rings is 8. The maximum Gasteiger partial charge on any atom is 0.0549 e. The number of nitrogens with zero attached hydrogens (tertiary/aromatic N) is 2. The van der Waals surface area contributed by atoms with Crippen molar-refractivity contribution >= 4 is 65.2 Å². The van der Waals surface area contributed by atoms with E-state index in [2.05, 4.69) is 179 Å². The average molecular weight is 585 g/mol. The summed E-state index contributed by atoms with van der Waals surface area (Å²) in [6.07, 6.45) is 0. The Kier molecular flexibility index (Phi) is 5.31. The van der Waals surface area contributed by atoms with Crippen LogP contribution in [-0.4, -0.2) is 9.13 Å². The van der Waals surface area contributed by atoms with Crippen LogP contribution >= 0.6 is 0 Å². The smallest absolute Gasteiger partial charge is 0.0549 e. The van der Waals surface area contributed by atoms with Crippen molar-refractivity contribution in [1.82, 2.24) is 9.13 Å².